The fourth-order valence-electron chi connectivity index (χ4n) is 2.79. The molecule has 4 aromatic rings. The van der Waals surface area contributed by atoms with Crippen LogP contribution in [0, 0.1) is 0 Å². The van der Waals surface area contributed by atoms with Gasteiger partial charge < -0.3 is 9.47 Å². The number of nitrogens with zero attached hydrogens (tertiary/aromatic N) is 3. The summed E-state index contributed by atoms with van der Waals surface area (Å²) < 4.78 is 11.6. The second-order valence-corrected chi connectivity index (χ2v) is 6.85. The highest BCUT2D eigenvalue weighted by molar-refractivity contribution is 7.15. The van der Waals surface area contributed by atoms with Crippen molar-refractivity contribution in [2.45, 2.75) is 0 Å². The molecular formula is C20H16N4O4S. The highest BCUT2D eigenvalue weighted by Crippen LogP contribution is 2.28. The number of nitrogens with one attached hydrogen (secondary N) is 1. The van der Waals surface area contributed by atoms with Gasteiger partial charge >= 0.3 is 5.97 Å². The summed E-state index contributed by atoms with van der Waals surface area (Å²) in [5.41, 5.74) is 2.35. The maximum absolute atomic E-state index is 12.5. The molecule has 0 spiro atoms. The average molecular weight is 408 g/mol. The van der Waals surface area contributed by atoms with Gasteiger partial charge in [0.25, 0.3) is 11.9 Å². The minimum absolute atomic E-state index is 0.175. The lowest BCUT2D eigenvalue weighted by atomic mass is 10.1. The van der Waals surface area contributed by atoms with Gasteiger partial charge in [-0.3, -0.25) is 10.1 Å². The van der Waals surface area contributed by atoms with Gasteiger partial charge in [0.15, 0.2) is 0 Å². The van der Waals surface area contributed by atoms with E-state index < -0.39 is 11.9 Å². The molecule has 0 fully saturated rings. The highest BCUT2D eigenvalue weighted by Gasteiger charge is 2.16. The Bertz CT molecular complexity index is 1210. The van der Waals surface area contributed by atoms with E-state index in [9.17, 15) is 9.59 Å². The van der Waals surface area contributed by atoms with E-state index in [0.29, 0.717) is 16.1 Å². The van der Waals surface area contributed by atoms with E-state index >= 15 is 0 Å². The van der Waals surface area contributed by atoms with Crippen LogP contribution in [0.2, 0.25) is 0 Å². The smallest absolute Gasteiger partial charge is 0.337 e. The molecule has 2 heterocycles. The van der Waals surface area contributed by atoms with Gasteiger partial charge in [0.1, 0.15) is 5.75 Å². The molecule has 0 aliphatic heterocycles. The SMILES string of the molecule is COC(=O)c1cccc(C(=O)Nc2nc3scc(-c4cccc(OC)c4)n3n2)c1. The molecule has 0 aliphatic rings. The maximum atomic E-state index is 12.5. The summed E-state index contributed by atoms with van der Waals surface area (Å²) in [4.78, 5) is 29.2. The standard InChI is InChI=1S/C20H16N4O4S/c1-27-15-8-4-5-12(10-15)16-11-29-20-22-19(23-24(16)20)21-17(25)13-6-3-7-14(9-13)18(26)28-2/h3-11H,1-2H3,(H,21,23,25). The zero-order valence-electron chi connectivity index (χ0n) is 15.6. The third-order valence-corrected chi connectivity index (χ3v) is 5.03. The lowest BCUT2D eigenvalue weighted by Crippen LogP contribution is -2.14. The monoisotopic (exact) mass is 408 g/mol. The summed E-state index contributed by atoms with van der Waals surface area (Å²) in [5, 5.41) is 9.00. The number of esters is 1. The first-order valence-corrected chi connectivity index (χ1v) is 9.45. The van der Waals surface area contributed by atoms with E-state index in [0.717, 1.165) is 17.0 Å². The molecule has 0 saturated heterocycles. The summed E-state index contributed by atoms with van der Waals surface area (Å²) in [6, 6.07) is 13.9. The predicted molar refractivity (Wildman–Crippen MR) is 109 cm³/mol. The normalized spacial score (nSPS) is 10.7. The molecule has 0 radical (unpaired) electrons. The molecule has 0 atom stereocenters. The Morgan fingerprint density at radius 1 is 1.07 bits per heavy atom. The van der Waals surface area contributed by atoms with Gasteiger partial charge in [0, 0.05) is 16.5 Å². The second-order valence-electron chi connectivity index (χ2n) is 6.01. The zero-order chi connectivity index (χ0) is 20.4. The van der Waals surface area contributed by atoms with Crippen molar-refractivity contribution in [2.24, 2.45) is 0 Å². The average Bonchev–Trinajstić information content (AvgIpc) is 3.33. The van der Waals surface area contributed by atoms with E-state index in [2.05, 4.69) is 20.1 Å². The van der Waals surface area contributed by atoms with Crippen LogP contribution in [0.5, 0.6) is 5.75 Å². The van der Waals surface area contributed by atoms with E-state index in [4.69, 9.17) is 4.74 Å². The number of hydrogen-bond acceptors (Lipinski definition) is 7. The van der Waals surface area contributed by atoms with Crippen molar-refractivity contribution in [3.63, 3.8) is 0 Å². The largest absolute Gasteiger partial charge is 0.497 e. The number of methoxy groups -OCH3 is 2. The summed E-state index contributed by atoms with van der Waals surface area (Å²) >= 11 is 1.41. The van der Waals surface area contributed by atoms with Crippen LogP contribution in [0.1, 0.15) is 20.7 Å². The van der Waals surface area contributed by atoms with Gasteiger partial charge in [-0.2, -0.15) is 4.98 Å². The molecule has 1 amide bonds. The fourth-order valence-corrected chi connectivity index (χ4v) is 3.63. The van der Waals surface area contributed by atoms with Crippen molar-refractivity contribution in [1.29, 1.82) is 0 Å². The van der Waals surface area contributed by atoms with E-state index in [1.165, 1.54) is 24.5 Å². The van der Waals surface area contributed by atoms with Crippen LogP contribution in [0.15, 0.2) is 53.9 Å². The van der Waals surface area contributed by atoms with E-state index in [1.807, 2.05) is 29.6 Å². The molecule has 29 heavy (non-hydrogen) atoms. The number of fused-ring (bicyclic) bond motifs is 1. The predicted octanol–water partition coefficient (Wildman–Crippen LogP) is 3.51. The molecule has 2 aromatic heterocycles. The van der Waals surface area contributed by atoms with Crippen LogP contribution < -0.4 is 10.1 Å². The molecule has 0 bridgehead atoms. The minimum Gasteiger partial charge on any atom is -0.497 e. The first-order chi connectivity index (χ1) is 14.1. The lowest BCUT2D eigenvalue weighted by molar-refractivity contribution is 0.0600. The van der Waals surface area contributed by atoms with Gasteiger partial charge in [0.05, 0.1) is 25.5 Å². The molecule has 8 nitrogen and oxygen atoms in total. The van der Waals surface area contributed by atoms with Crippen LogP contribution in [-0.4, -0.2) is 40.7 Å². The van der Waals surface area contributed by atoms with E-state index in [1.54, 1.807) is 29.8 Å². The molecule has 146 valence electrons. The Morgan fingerprint density at radius 2 is 1.86 bits per heavy atom. The number of amides is 1. The summed E-state index contributed by atoms with van der Waals surface area (Å²) in [6.45, 7) is 0. The van der Waals surface area contributed by atoms with Crippen LogP contribution in [0.25, 0.3) is 16.2 Å². The quantitative estimate of drug-likeness (QED) is 0.508. The number of anilines is 1. The Labute approximate surface area is 169 Å². The van der Waals surface area contributed by atoms with Crippen molar-refractivity contribution in [2.75, 3.05) is 19.5 Å². The van der Waals surface area contributed by atoms with Crippen LogP contribution in [-0.2, 0) is 4.74 Å². The molecular weight excluding hydrogens is 392 g/mol. The van der Waals surface area contributed by atoms with Gasteiger partial charge in [-0.05, 0) is 30.3 Å². The number of aromatic nitrogens is 3. The van der Waals surface area contributed by atoms with Crippen LogP contribution in [0.4, 0.5) is 5.95 Å². The first-order valence-electron chi connectivity index (χ1n) is 8.57. The summed E-state index contributed by atoms with van der Waals surface area (Å²) in [7, 11) is 2.90. The number of thiazole rings is 1. The molecule has 9 heteroatoms. The van der Waals surface area contributed by atoms with Crippen molar-refractivity contribution in [3.05, 3.63) is 65.0 Å². The Kier molecular flexibility index (Phi) is 4.96. The first kappa shape index (κ1) is 18.6. The topological polar surface area (TPSA) is 94.8 Å². The Hall–Kier alpha value is -3.72. The van der Waals surface area contributed by atoms with Crippen molar-refractivity contribution < 1.29 is 19.1 Å². The van der Waals surface area contributed by atoms with Crippen molar-refractivity contribution >= 4 is 34.1 Å². The van der Waals surface area contributed by atoms with Crippen LogP contribution >= 0.6 is 11.3 Å². The maximum Gasteiger partial charge on any atom is 0.337 e. The fraction of sp³-hybridized carbons (Fsp3) is 0.100. The summed E-state index contributed by atoms with van der Waals surface area (Å²) in [5.74, 6) is -0.0180. The van der Waals surface area contributed by atoms with Gasteiger partial charge in [-0.1, -0.05) is 18.2 Å². The van der Waals surface area contributed by atoms with Gasteiger partial charge in [0.2, 0.25) is 4.96 Å². The van der Waals surface area contributed by atoms with Gasteiger partial charge in [-0.25, -0.2) is 9.31 Å². The highest BCUT2D eigenvalue weighted by atomic mass is 32.1. The third kappa shape index (κ3) is 3.67. The van der Waals surface area contributed by atoms with Crippen LogP contribution in [0.3, 0.4) is 0 Å². The number of carbonyl (C=O) groups excluding carboxylic acids is 2. The number of hydrogen-bond donors (Lipinski definition) is 1. The molecule has 4 rings (SSSR count). The Morgan fingerprint density at radius 3 is 2.66 bits per heavy atom. The van der Waals surface area contributed by atoms with Crippen molar-refractivity contribution in [3.8, 4) is 17.0 Å². The lowest BCUT2D eigenvalue weighted by Gasteiger charge is -2.04. The molecule has 0 unspecified atom stereocenters. The second kappa shape index (κ2) is 7.72. The number of rotatable bonds is 5. The third-order valence-electron chi connectivity index (χ3n) is 4.22. The Balaban J connectivity index is 1.60. The van der Waals surface area contributed by atoms with Crippen molar-refractivity contribution in [1.82, 2.24) is 14.6 Å². The molecule has 0 saturated carbocycles. The molecule has 2 aromatic carbocycles. The zero-order valence-corrected chi connectivity index (χ0v) is 16.4. The van der Waals surface area contributed by atoms with E-state index in [-0.39, 0.29) is 5.95 Å². The summed E-state index contributed by atoms with van der Waals surface area (Å²) in [6.07, 6.45) is 0. The minimum atomic E-state index is -0.511. The molecule has 1 N–H and O–H groups in total. The van der Waals surface area contributed by atoms with Gasteiger partial charge in [-0.15, -0.1) is 16.4 Å². The molecule has 0 aliphatic carbocycles. The number of benzene rings is 2. The number of ether oxygens (including phenoxy) is 2. The number of carbonyl (C=O) groups is 2.